The summed E-state index contributed by atoms with van der Waals surface area (Å²) in [5, 5.41) is 11.8. The first-order valence-electron chi connectivity index (χ1n) is 5.71. The van der Waals surface area contributed by atoms with Gasteiger partial charge in [-0.05, 0) is 29.8 Å². The molecule has 1 N–H and O–H groups in total. The minimum absolute atomic E-state index is 0.145. The molecule has 2 rings (SSSR count). The van der Waals surface area contributed by atoms with E-state index in [0.29, 0.717) is 22.9 Å². The molecule has 1 amide bonds. The Morgan fingerprint density at radius 1 is 1.37 bits per heavy atom. The van der Waals surface area contributed by atoms with E-state index >= 15 is 0 Å². The summed E-state index contributed by atoms with van der Waals surface area (Å²) < 4.78 is 0. The highest BCUT2D eigenvalue weighted by Gasteiger charge is 2.09. The predicted octanol–water partition coefficient (Wildman–Crippen LogP) is 3.71. The zero-order valence-corrected chi connectivity index (χ0v) is 11.6. The third-order valence-corrected chi connectivity index (χ3v) is 3.83. The van der Waals surface area contributed by atoms with Crippen LogP contribution in [-0.4, -0.2) is 12.5 Å². The summed E-state index contributed by atoms with van der Waals surface area (Å²) in [5.41, 5.74) is 0.994. The van der Waals surface area contributed by atoms with Gasteiger partial charge < -0.3 is 5.32 Å². The van der Waals surface area contributed by atoms with E-state index in [-0.39, 0.29) is 5.91 Å². The van der Waals surface area contributed by atoms with Crippen LogP contribution in [0, 0.1) is 11.3 Å². The number of halogens is 1. The minimum atomic E-state index is -0.145. The Bertz CT molecular complexity index is 630. The van der Waals surface area contributed by atoms with Crippen molar-refractivity contribution in [1.82, 2.24) is 5.32 Å². The Morgan fingerprint density at radius 2 is 2.21 bits per heavy atom. The van der Waals surface area contributed by atoms with E-state index in [1.54, 1.807) is 6.07 Å². The molecule has 3 nitrogen and oxygen atoms in total. The Morgan fingerprint density at radius 3 is 2.95 bits per heavy atom. The fraction of sp³-hybridized carbons (Fsp3) is 0.143. The molecule has 1 aromatic heterocycles. The number of amides is 1. The second-order valence-corrected chi connectivity index (χ2v) is 5.36. The highest BCUT2D eigenvalue weighted by Crippen LogP contribution is 2.29. The summed E-state index contributed by atoms with van der Waals surface area (Å²) in [7, 11) is 0. The molecule has 0 aliphatic heterocycles. The number of nitrogens with zero attached hydrogens (tertiary/aromatic N) is 1. The maximum absolute atomic E-state index is 11.8. The van der Waals surface area contributed by atoms with Crippen LogP contribution in [-0.2, 0) is 0 Å². The third kappa shape index (κ3) is 3.57. The molecule has 96 valence electrons. The topological polar surface area (TPSA) is 52.9 Å². The first-order chi connectivity index (χ1) is 9.20. The number of carbonyl (C=O) groups excluding carboxylic acids is 1. The van der Waals surface area contributed by atoms with Gasteiger partial charge in [-0.15, -0.1) is 11.3 Å². The molecule has 0 fully saturated rings. The number of benzene rings is 1. The lowest BCUT2D eigenvalue weighted by Crippen LogP contribution is -2.23. The van der Waals surface area contributed by atoms with E-state index in [2.05, 4.69) is 5.32 Å². The smallest absolute Gasteiger partial charge is 0.261 e. The van der Waals surface area contributed by atoms with Gasteiger partial charge >= 0.3 is 0 Å². The summed E-state index contributed by atoms with van der Waals surface area (Å²) >= 11 is 7.35. The van der Waals surface area contributed by atoms with Crippen molar-refractivity contribution >= 4 is 28.8 Å². The van der Waals surface area contributed by atoms with Crippen LogP contribution >= 0.6 is 22.9 Å². The van der Waals surface area contributed by atoms with Crippen LogP contribution in [0.5, 0.6) is 0 Å². The first kappa shape index (κ1) is 13.6. The van der Waals surface area contributed by atoms with Gasteiger partial charge in [0.1, 0.15) is 0 Å². The fourth-order valence-corrected chi connectivity index (χ4v) is 2.68. The lowest BCUT2D eigenvalue weighted by molar-refractivity contribution is 0.0958. The van der Waals surface area contributed by atoms with Gasteiger partial charge in [0.15, 0.2) is 0 Å². The highest BCUT2D eigenvalue weighted by atomic mass is 35.5. The molecule has 1 heterocycles. The van der Waals surface area contributed by atoms with E-state index in [0.717, 1.165) is 10.4 Å². The monoisotopic (exact) mass is 290 g/mol. The number of hydrogen-bond donors (Lipinski definition) is 1. The van der Waals surface area contributed by atoms with Gasteiger partial charge in [-0.2, -0.15) is 5.26 Å². The van der Waals surface area contributed by atoms with Gasteiger partial charge in [-0.25, -0.2) is 0 Å². The Hall–Kier alpha value is -1.83. The summed E-state index contributed by atoms with van der Waals surface area (Å²) in [5.74, 6) is -0.145. The van der Waals surface area contributed by atoms with E-state index in [1.807, 2.05) is 36.4 Å². The lowest BCUT2D eigenvalue weighted by atomic mass is 10.2. The maximum atomic E-state index is 11.8. The van der Waals surface area contributed by atoms with Gasteiger partial charge in [0.05, 0.1) is 17.4 Å². The van der Waals surface area contributed by atoms with Crippen molar-refractivity contribution in [3.63, 3.8) is 0 Å². The van der Waals surface area contributed by atoms with Crippen LogP contribution in [0.4, 0.5) is 0 Å². The highest BCUT2D eigenvalue weighted by molar-refractivity contribution is 7.17. The SMILES string of the molecule is N#CCCNC(=O)c1ccc(-c2cccc(Cl)c2)s1. The van der Waals surface area contributed by atoms with Gasteiger partial charge in [-0.1, -0.05) is 23.7 Å². The molecule has 0 radical (unpaired) electrons. The average Bonchev–Trinajstić information content (AvgIpc) is 2.88. The van der Waals surface area contributed by atoms with E-state index in [1.165, 1.54) is 11.3 Å². The molecule has 1 aromatic carbocycles. The maximum Gasteiger partial charge on any atom is 0.261 e. The van der Waals surface area contributed by atoms with Gasteiger partial charge in [-0.3, -0.25) is 4.79 Å². The van der Waals surface area contributed by atoms with Crippen molar-refractivity contribution in [3.8, 4) is 16.5 Å². The Balaban J connectivity index is 2.11. The molecule has 2 aromatic rings. The number of hydrogen-bond acceptors (Lipinski definition) is 3. The van der Waals surface area contributed by atoms with Crippen LogP contribution in [0.25, 0.3) is 10.4 Å². The molecule has 0 bridgehead atoms. The van der Waals surface area contributed by atoms with Crippen molar-refractivity contribution < 1.29 is 4.79 Å². The molecule has 0 saturated carbocycles. The molecule has 0 spiro atoms. The van der Waals surface area contributed by atoms with Crippen LogP contribution in [0.3, 0.4) is 0 Å². The van der Waals surface area contributed by atoms with E-state index < -0.39 is 0 Å². The molecule has 0 aliphatic rings. The number of carbonyl (C=O) groups is 1. The van der Waals surface area contributed by atoms with Crippen LogP contribution in [0.2, 0.25) is 5.02 Å². The second-order valence-electron chi connectivity index (χ2n) is 3.84. The first-order valence-corrected chi connectivity index (χ1v) is 6.91. The largest absolute Gasteiger partial charge is 0.350 e. The number of nitrogens with one attached hydrogen (secondary N) is 1. The van der Waals surface area contributed by atoms with Gasteiger partial charge in [0.2, 0.25) is 0 Å². The summed E-state index contributed by atoms with van der Waals surface area (Å²) in [6, 6.07) is 13.2. The Kier molecular flexibility index (Phi) is 4.56. The van der Waals surface area contributed by atoms with Crippen LogP contribution in [0.1, 0.15) is 16.1 Å². The molecule has 0 unspecified atom stereocenters. The van der Waals surface area contributed by atoms with Crippen molar-refractivity contribution in [2.24, 2.45) is 0 Å². The van der Waals surface area contributed by atoms with Crippen molar-refractivity contribution in [2.75, 3.05) is 6.54 Å². The molecule has 5 heteroatoms. The predicted molar refractivity (Wildman–Crippen MR) is 77.3 cm³/mol. The van der Waals surface area contributed by atoms with Gasteiger partial charge in [0.25, 0.3) is 5.91 Å². The number of nitriles is 1. The second kappa shape index (κ2) is 6.37. The van der Waals surface area contributed by atoms with Crippen molar-refractivity contribution in [3.05, 3.63) is 46.3 Å². The van der Waals surface area contributed by atoms with Crippen LogP contribution in [0.15, 0.2) is 36.4 Å². The Labute approximate surface area is 120 Å². The molecule has 0 aliphatic carbocycles. The minimum Gasteiger partial charge on any atom is -0.350 e. The normalized spacial score (nSPS) is 9.89. The quantitative estimate of drug-likeness (QED) is 0.873. The van der Waals surface area contributed by atoms with Crippen LogP contribution < -0.4 is 5.32 Å². The summed E-state index contributed by atoms with van der Waals surface area (Å²) in [4.78, 5) is 13.4. The molecular formula is C14H11ClN2OS. The number of thiophene rings is 1. The van der Waals surface area contributed by atoms with E-state index in [4.69, 9.17) is 16.9 Å². The van der Waals surface area contributed by atoms with Crippen molar-refractivity contribution in [2.45, 2.75) is 6.42 Å². The molecule has 0 atom stereocenters. The molecular weight excluding hydrogens is 280 g/mol. The standard InChI is InChI=1S/C14H11ClN2OS/c15-11-4-1-3-10(9-11)12-5-6-13(19-12)14(18)17-8-2-7-16/h1,3-6,9H,2,8H2,(H,17,18). The van der Waals surface area contributed by atoms with Crippen molar-refractivity contribution in [1.29, 1.82) is 5.26 Å². The summed E-state index contributed by atoms with van der Waals surface area (Å²) in [6.07, 6.45) is 0.318. The van der Waals surface area contributed by atoms with E-state index in [9.17, 15) is 4.79 Å². The lowest BCUT2D eigenvalue weighted by Gasteiger charge is -1.99. The fourth-order valence-electron chi connectivity index (χ4n) is 1.58. The van der Waals surface area contributed by atoms with Gasteiger partial charge in [0, 0.05) is 16.4 Å². The summed E-state index contributed by atoms with van der Waals surface area (Å²) in [6.45, 7) is 0.375. The zero-order chi connectivity index (χ0) is 13.7. The third-order valence-electron chi connectivity index (χ3n) is 2.46. The zero-order valence-electron chi connectivity index (χ0n) is 10.0. The molecule has 19 heavy (non-hydrogen) atoms. The molecule has 0 saturated heterocycles. The average molecular weight is 291 g/mol. The number of rotatable bonds is 4.